The first-order valence-corrected chi connectivity index (χ1v) is 8.45. The largest absolute Gasteiger partial charge is 0.493 e. The second-order valence-electron chi connectivity index (χ2n) is 7.25. The molecular weight excluding hydrogens is 244 g/mol. The van der Waals surface area contributed by atoms with Crippen molar-refractivity contribution in [3.05, 3.63) is 29.3 Å². The summed E-state index contributed by atoms with van der Waals surface area (Å²) in [5, 5.41) is 0. The van der Waals surface area contributed by atoms with Gasteiger partial charge in [-0.1, -0.05) is 51.7 Å². The Morgan fingerprint density at radius 1 is 1.05 bits per heavy atom. The van der Waals surface area contributed by atoms with Crippen LogP contribution in [0.4, 0.5) is 0 Å². The molecule has 1 aliphatic heterocycles. The second-order valence-corrected chi connectivity index (χ2v) is 7.25. The van der Waals surface area contributed by atoms with Crippen LogP contribution >= 0.6 is 0 Å². The molecule has 3 rings (SSSR count). The fourth-order valence-corrected chi connectivity index (χ4v) is 3.80. The van der Waals surface area contributed by atoms with Crippen LogP contribution < -0.4 is 4.74 Å². The topological polar surface area (TPSA) is 9.23 Å². The third-order valence-electron chi connectivity index (χ3n) is 5.12. The van der Waals surface area contributed by atoms with Gasteiger partial charge in [-0.05, 0) is 54.2 Å². The second kappa shape index (κ2) is 6.20. The fraction of sp³-hybridized carbons (Fsp3) is 0.684. The van der Waals surface area contributed by atoms with E-state index in [1.54, 1.807) is 0 Å². The SMILES string of the molecule is CC1CCCC(Cc2ccc3c(c2)OC[C@H](C)C3)CC1. The van der Waals surface area contributed by atoms with Gasteiger partial charge in [0.2, 0.25) is 0 Å². The molecule has 2 aliphatic rings. The number of benzene rings is 1. The maximum absolute atomic E-state index is 5.91. The Labute approximate surface area is 123 Å². The van der Waals surface area contributed by atoms with Crippen LogP contribution in [0.2, 0.25) is 0 Å². The van der Waals surface area contributed by atoms with Gasteiger partial charge in [0.15, 0.2) is 0 Å². The number of hydrogen-bond donors (Lipinski definition) is 0. The van der Waals surface area contributed by atoms with Gasteiger partial charge in [-0.15, -0.1) is 0 Å². The van der Waals surface area contributed by atoms with Crippen molar-refractivity contribution >= 4 is 0 Å². The van der Waals surface area contributed by atoms with Gasteiger partial charge in [-0.25, -0.2) is 0 Å². The highest BCUT2D eigenvalue weighted by molar-refractivity contribution is 5.39. The molecular formula is C19H28O. The Bertz CT molecular complexity index is 451. The molecule has 1 aromatic carbocycles. The van der Waals surface area contributed by atoms with E-state index >= 15 is 0 Å². The quantitative estimate of drug-likeness (QED) is 0.687. The smallest absolute Gasteiger partial charge is 0.122 e. The van der Waals surface area contributed by atoms with Crippen molar-refractivity contribution < 1.29 is 4.74 Å². The van der Waals surface area contributed by atoms with Crippen LogP contribution in [0.25, 0.3) is 0 Å². The lowest BCUT2D eigenvalue weighted by molar-refractivity contribution is 0.233. The summed E-state index contributed by atoms with van der Waals surface area (Å²) >= 11 is 0. The number of hydrogen-bond acceptors (Lipinski definition) is 1. The van der Waals surface area contributed by atoms with Gasteiger partial charge < -0.3 is 4.74 Å². The van der Waals surface area contributed by atoms with E-state index in [-0.39, 0.29) is 0 Å². The van der Waals surface area contributed by atoms with Crippen LogP contribution in [0.3, 0.4) is 0 Å². The Hall–Kier alpha value is -0.980. The summed E-state index contributed by atoms with van der Waals surface area (Å²) < 4.78 is 5.91. The van der Waals surface area contributed by atoms with Crippen LogP contribution in [0.1, 0.15) is 57.1 Å². The predicted octanol–water partition coefficient (Wildman–Crippen LogP) is 5.02. The molecule has 2 unspecified atom stereocenters. The summed E-state index contributed by atoms with van der Waals surface area (Å²) in [4.78, 5) is 0. The Kier molecular flexibility index (Phi) is 4.33. The molecule has 1 saturated carbocycles. The monoisotopic (exact) mass is 272 g/mol. The van der Waals surface area contributed by atoms with Crippen molar-refractivity contribution in [3.63, 3.8) is 0 Å². The molecule has 0 radical (unpaired) electrons. The van der Waals surface area contributed by atoms with Crippen molar-refractivity contribution in [1.29, 1.82) is 0 Å². The summed E-state index contributed by atoms with van der Waals surface area (Å²) in [7, 11) is 0. The van der Waals surface area contributed by atoms with E-state index in [1.807, 2.05) is 0 Å². The minimum absolute atomic E-state index is 0.664. The summed E-state index contributed by atoms with van der Waals surface area (Å²) in [5.41, 5.74) is 2.89. The highest BCUT2D eigenvalue weighted by Crippen LogP contribution is 2.32. The lowest BCUT2D eigenvalue weighted by Gasteiger charge is -2.23. The first-order valence-electron chi connectivity index (χ1n) is 8.45. The van der Waals surface area contributed by atoms with Gasteiger partial charge in [0.25, 0.3) is 0 Å². The van der Waals surface area contributed by atoms with Crippen LogP contribution in [0, 0.1) is 17.8 Å². The highest BCUT2D eigenvalue weighted by atomic mass is 16.5. The Morgan fingerprint density at radius 2 is 1.95 bits per heavy atom. The zero-order valence-electron chi connectivity index (χ0n) is 13.0. The maximum atomic E-state index is 5.91. The van der Waals surface area contributed by atoms with Gasteiger partial charge in [0, 0.05) is 0 Å². The standard InChI is InChI=1S/C19H28O/c1-14-4-3-5-16(7-6-14)11-17-8-9-18-10-15(2)13-20-19(18)12-17/h8-9,12,14-16H,3-7,10-11,13H2,1-2H3/t14?,15-,16?/m1/s1. The molecule has 1 heteroatoms. The summed E-state index contributed by atoms with van der Waals surface area (Å²) in [6, 6.07) is 6.96. The molecule has 0 saturated heterocycles. The third kappa shape index (κ3) is 3.37. The van der Waals surface area contributed by atoms with Crippen LogP contribution in [-0.2, 0) is 12.8 Å². The number of rotatable bonds is 2. The zero-order chi connectivity index (χ0) is 13.9. The van der Waals surface area contributed by atoms with Crippen LogP contribution in [0.15, 0.2) is 18.2 Å². The first kappa shape index (κ1) is 14.0. The van der Waals surface area contributed by atoms with Crippen molar-refractivity contribution in [2.24, 2.45) is 17.8 Å². The molecule has 1 aliphatic carbocycles. The van der Waals surface area contributed by atoms with E-state index in [4.69, 9.17) is 4.74 Å². The fourth-order valence-electron chi connectivity index (χ4n) is 3.80. The summed E-state index contributed by atoms with van der Waals surface area (Å²) in [6.07, 6.45) is 9.53. The average Bonchev–Trinajstić information content (AvgIpc) is 2.64. The molecule has 20 heavy (non-hydrogen) atoms. The van der Waals surface area contributed by atoms with Crippen molar-refractivity contribution in [1.82, 2.24) is 0 Å². The number of fused-ring (bicyclic) bond motifs is 1. The first-order chi connectivity index (χ1) is 9.70. The molecule has 1 fully saturated rings. The Balaban J connectivity index is 1.66. The maximum Gasteiger partial charge on any atom is 0.122 e. The van der Waals surface area contributed by atoms with Crippen molar-refractivity contribution in [2.45, 2.75) is 58.8 Å². The van der Waals surface area contributed by atoms with E-state index in [0.717, 1.165) is 24.2 Å². The molecule has 1 nitrogen and oxygen atoms in total. The number of ether oxygens (including phenoxy) is 1. The predicted molar refractivity (Wildman–Crippen MR) is 84.2 cm³/mol. The molecule has 0 N–H and O–H groups in total. The van der Waals surface area contributed by atoms with Crippen LogP contribution in [0.5, 0.6) is 5.75 Å². The summed E-state index contributed by atoms with van der Waals surface area (Å²) in [5.74, 6) is 3.65. The third-order valence-corrected chi connectivity index (χ3v) is 5.12. The highest BCUT2D eigenvalue weighted by Gasteiger charge is 2.19. The van der Waals surface area contributed by atoms with E-state index in [0.29, 0.717) is 5.92 Å². The zero-order valence-corrected chi connectivity index (χ0v) is 13.0. The normalized spacial score (nSPS) is 30.2. The summed E-state index contributed by atoms with van der Waals surface area (Å²) in [6.45, 7) is 5.57. The van der Waals surface area contributed by atoms with E-state index in [9.17, 15) is 0 Å². The van der Waals surface area contributed by atoms with E-state index in [2.05, 4.69) is 32.0 Å². The van der Waals surface area contributed by atoms with Gasteiger partial charge in [0.05, 0.1) is 6.61 Å². The lowest BCUT2D eigenvalue weighted by atomic mass is 9.90. The molecule has 3 atom stereocenters. The van der Waals surface area contributed by atoms with Crippen molar-refractivity contribution in [2.75, 3.05) is 6.61 Å². The van der Waals surface area contributed by atoms with E-state index < -0.39 is 0 Å². The minimum atomic E-state index is 0.664. The van der Waals surface area contributed by atoms with Gasteiger partial charge in [-0.3, -0.25) is 0 Å². The van der Waals surface area contributed by atoms with E-state index in [1.165, 1.54) is 56.1 Å². The lowest BCUT2D eigenvalue weighted by Crippen LogP contribution is -2.18. The van der Waals surface area contributed by atoms with Gasteiger partial charge in [-0.2, -0.15) is 0 Å². The average molecular weight is 272 g/mol. The van der Waals surface area contributed by atoms with Gasteiger partial charge in [0.1, 0.15) is 5.75 Å². The minimum Gasteiger partial charge on any atom is -0.493 e. The van der Waals surface area contributed by atoms with Crippen molar-refractivity contribution in [3.8, 4) is 5.75 Å². The molecule has 110 valence electrons. The molecule has 1 heterocycles. The molecule has 0 bridgehead atoms. The van der Waals surface area contributed by atoms with Crippen LogP contribution in [-0.4, -0.2) is 6.61 Å². The molecule has 0 spiro atoms. The van der Waals surface area contributed by atoms with Gasteiger partial charge >= 0.3 is 0 Å². The molecule has 0 amide bonds. The Morgan fingerprint density at radius 3 is 2.85 bits per heavy atom. The molecule has 0 aromatic heterocycles. The molecule has 1 aromatic rings.